The lowest BCUT2D eigenvalue weighted by Crippen LogP contribution is -2.19. The van der Waals surface area contributed by atoms with Crippen LogP contribution >= 0.6 is 12.4 Å². The van der Waals surface area contributed by atoms with Crippen molar-refractivity contribution < 1.29 is 10.3 Å². The number of anilines is 1. The van der Waals surface area contributed by atoms with E-state index in [4.69, 9.17) is 4.98 Å². The Morgan fingerprint density at radius 1 is 1.17 bits per heavy atom. The molecule has 1 aliphatic heterocycles. The standard InChI is InChI=1S/C18H17N3O.ClH.H2O/c1-11-9-14(10-13-6-7-16(22)20-17(11)13)18-12(2)21-8-4-3-5-15(21)19-18;;/h3-5,8-10H,6-7H2,1-2H3,(H,20,22);1H;1H2. The number of nitrogens with zero attached hydrogens (tertiary/aromatic N) is 2. The van der Waals surface area contributed by atoms with Crippen LogP contribution in [-0.4, -0.2) is 20.8 Å². The third-order valence-electron chi connectivity index (χ3n) is 4.35. The first-order valence-corrected chi connectivity index (χ1v) is 7.51. The summed E-state index contributed by atoms with van der Waals surface area (Å²) in [6.07, 6.45) is 3.38. The second-order valence-corrected chi connectivity index (χ2v) is 5.85. The highest BCUT2D eigenvalue weighted by atomic mass is 35.5. The molecular formula is C18H20ClN3O2. The maximum atomic E-state index is 11.6. The second kappa shape index (κ2) is 6.63. The Labute approximate surface area is 146 Å². The summed E-state index contributed by atoms with van der Waals surface area (Å²) in [5.41, 5.74) is 7.49. The van der Waals surface area contributed by atoms with E-state index in [2.05, 4.69) is 28.8 Å². The van der Waals surface area contributed by atoms with Gasteiger partial charge in [0, 0.05) is 29.6 Å². The molecule has 5 nitrogen and oxygen atoms in total. The fourth-order valence-electron chi connectivity index (χ4n) is 3.21. The van der Waals surface area contributed by atoms with E-state index in [1.165, 1.54) is 5.56 Å². The number of imidazole rings is 1. The van der Waals surface area contributed by atoms with E-state index in [-0.39, 0.29) is 23.8 Å². The van der Waals surface area contributed by atoms with Crippen molar-refractivity contribution in [1.82, 2.24) is 9.38 Å². The molecule has 0 saturated carbocycles. The lowest BCUT2D eigenvalue weighted by Gasteiger charge is -2.20. The highest BCUT2D eigenvalue weighted by Gasteiger charge is 2.19. The van der Waals surface area contributed by atoms with Gasteiger partial charge in [-0.15, -0.1) is 12.4 Å². The summed E-state index contributed by atoms with van der Waals surface area (Å²) in [6, 6.07) is 10.3. The van der Waals surface area contributed by atoms with Crippen LogP contribution in [0.25, 0.3) is 16.9 Å². The summed E-state index contributed by atoms with van der Waals surface area (Å²) < 4.78 is 2.10. The maximum absolute atomic E-state index is 11.6. The molecule has 24 heavy (non-hydrogen) atoms. The number of rotatable bonds is 1. The molecular weight excluding hydrogens is 326 g/mol. The lowest BCUT2D eigenvalue weighted by atomic mass is 9.95. The molecule has 3 heterocycles. The zero-order valence-corrected chi connectivity index (χ0v) is 14.4. The van der Waals surface area contributed by atoms with E-state index in [0.29, 0.717) is 6.42 Å². The fraction of sp³-hybridized carbons (Fsp3) is 0.222. The van der Waals surface area contributed by atoms with Crippen molar-refractivity contribution in [2.24, 2.45) is 0 Å². The fourth-order valence-corrected chi connectivity index (χ4v) is 3.21. The number of carbonyl (C=O) groups excluding carboxylic acids is 1. The molecule has 1 amide bonds. The molecule has 0 spiro atoms. The van der Waals surface area contributed by atoms with Gasteiger partial charge in [0.2, 0.25) is 5.91 Å². The van der Waals surface area contributed by atoms with Crippen molar-refractivity contribution >= 4 is 29.6 Å². The molecule has 3 N–H and O–H groups in total. The van der Waals surface area contributed by atoms with Crippen LogP contribution in [0.4, 0.5) is 5.69 Å². The van der Waals surface area contributed by atoms with Crippen LogP contribution in [0.3, 0.4) is 0 Å². The number of benzene rings is 1. The second-order valence-electron chi connectivity index (χ2n) is 5.85. The number of halogens is 1. The van der Waals surface area contributed by atoms with Gasteiger partial charge in [0.05, 0.1) is 5.69 Å². The predicted molar refractivity (Wildman–Crippen MR) is 97.9 cm³/mol. The van der Waals surface area contributed by atoms with Gasteiger partial charge in [-0.3, -0.25) is 4.79 Å². The van der Waals surface area contributed by atoms with E-state index in [0.717, 1.165) is 40.3 Å². The Balaban J connectivity index is 0.00000104. The molecule has 0 saturated heterocycles. The molecule has 2 aromatic heterocycles. The Kier molecular flexibility index (Phi) is 4.96. The third-order valence-corrected chi connectivity index (χ3v) is 4.35. The average molecular weight is 346 g/mol. The summed E-state index contributed by atoms with van der Waals surface area (Å²) in [4.78, 5) is 16.3. The molecule has 1 aromatic carbocycles. The number of hydrogen-bond acceptors (Lipinski definition) is 2. The Bertz CT molecular complexity index is 918. The van der Waals surface area contributed by atoms with Crippen LogP contribution in [-0.2, 0) is 11.2 Å². The van der Waals surface area contributed by atoms with Crippen LogP contribution in [0.1, 0.15) is 23.2 Å². The molecule has 0 radical (unpaired) electrons. The number of pyridine rings is 1. The molecule has 3 aromatic rings. The van der Waals surface area contributed by atoms with Gasteiger partial charge >= 0.3 is 0 Å². The number of carbonyl (C=O) groups is 1. The number of fused-ring (bicyclic) bond motifs is 2. The lowest BCUT2D eigenvalue weighted by molar-refractivity contribution is -0.116. The normalized spacial score (nSPS) is 12.8. The van der Waals surface area contributed by atoms with Crippen molar-refractivity contribution in [2.75, 3.05) is 5.32 Å². The SMILES string of the molecule is Cc1cc(-c2nc3ccccn3c2C)cc2c1NC(=O)CC2.Cl.O. The largest absolute Gasteiger partial charge is 0.412 e. The zero-order chi connectivity index (χ0) is 15.3. The molecule has 0 bridgehead atoms. The van der Waals surface area contributed by atoms with Crippen LogP contribution in [0.15, 0.2) is 36.5 Å². The smallest absolute Gasteiger partial charge is 0.224 e. The van der Waals surface area contributed by atoms with Gasteiger partial charge in [-0.1, -0.05) is 6.07 Å². The number of nitrogens with one attached hydrogen (secondary N) is 1. The molecule has 0 aliphatic carbocycles. The molecule has 1 aliphatic rings. The Hall–Kier alpha value is -2.37. The summed E-state index contributed by atoms with van der Waals surface area (Å²) in [5.74, 6) is 0.104. The van der Waals surface area contributed by atoms with E-state index in [9.17, 15) is 4.79 Å². The van der Waals surface area contributed by atoms with Crippen molar-refractivity contribution in [2.45, 2.75) is 26.7 Å². The average Bonchev–Trinajstić information content (AvgIpc) is 2.85. The molecule has 0 atom stereocenters. The van der Waals surface area contributed by atoms with Crippen LogP contribution < -0.4 is 5.32 Å². The molecule has 6 heteroatoms. The van der Waals surface area contributed by atoms with Crippen molar-refractivity contribution in [3.63, 3.8) is 0 Å². The van der Waals surface area contributed by atoms with Crippen molar-refractivity contribution in [1.29, 1.82) is 0 Å². The van der Waals surface area contributed by atoms with Gasteiger partial charge in [0.25, 0.3) is 0 Å². The molecule has 4 rings (SSSR count). The number of aryl methyl sites for hydroxylation is 3. The minimum atomic E-state index is 0. The van der Waals surface area contributed by atoms with Gasteiger partial charge in [-0.25, -0.2) is 4.98 Å². The van der Waals surface area contributed by atoms with Gasteiger partial charge in [0.1, 0.15) is 5.65 Å². The van der Waals surface area contributed by atoms with E-state index < -0.39 is 0 Å². The van der Waals surface area contributed by atoms with Crippen LogP contribution in [0.5, 0.6) is 0 Å². The molecule has 0 fully saturated rings. The van der Waals surface area contributed by atoms with Gasteiger partial charge in [-0.2, -0.15) is 0 Å². The quantitative estimate of drug-likeness (QED) is 0.735. The van der Waals surface area contributed by atoms with E-state index in [1.54, 1.807) is 0 Å². The van der Waals surface area contributed by atoms with E-state index in [1.807, 2.05) is 31.3 Å². The van der Waals surface area contributed by atoms with Crippen molar-refractivity contribution in [3.05, 3.63) is 53.3 Å². The minimum absolute atomic E-state index is 0. The zero-order valence-electron chi connectivity index (χ0n) is 13.6. The highest BCUT2D eigenvalue weighted by molar-refractivity contribution is 5.95. The molecule has 0 unspecified atom stereocenters. The predicted octanol–water partition coefficient (Wildman–Crippen LogP) is 3.10. The van der Waals surface area contributed by atoms with Gasteiger partial charge in [0.15, 0.2) is 0 Å². The van der Waals surface area contributed by atoms with Gasteiger partial charge in [-0.05, 0) is 55.7 Å². The highest BCUT2D eigenvalue weighted by Crippen LogP contribution is 2.33. The number of hydrogen-bond donors (Lipinski definition) is 1. The third kappa shape index (κ3) is 2.77. The summed E-state index contributed by atoms with van der Waals surface area (Å²) in [7, 11) is 0. The van der Waals surface area contributed by atoms with Crippen LogP contribution in [0.2, 0.25) is 0 Å². The van der Waals surface area contributed by atoms with E-state index >= 15 is 0 Å². The minimum Gasteiger partial charge on any atom is -0.412 e. The number of aromatic nitrogens is 2. The molecule has 126 valence electrons. The van der Waals surface area contributed by atoms with Gasteiger partial charge < -0.3 is 15.2 Å². The first kappa shape index (κ1) is 18.0. The topological polar surface area (TPSA) is 77.9 Å². The maximum Gasteiger partial charge on any atom is 0.224 e. The van der Waals surface area contributed by atoms with Crippen molar-refractivity contribution in [3.8, 4) is 11.3 Å². The Morgan fingerprint density at radius 3 is 2.71 bits per heavy atom. The number of amides is 1. The monoisotopic (exact) mass is 345 g/mol. The first-order chi connectivity index (χ1) is 10.6. The summed E-state index contributed by atoms with van der Waals surface area (Å²) >= 11 is 0. The summed E-state index contributed by atoms with van der Waals surface area (Å²) in [5, 5.41) is 2.98. The van der Waals surface area contributed by atoms with Crippen LogP contribution in [0, 0.1) is 13.8 Å². The Morgan fingerprint density at radius 2 is 1.96 bits per heavy atom. The first-order valence-electron chi connectivity index (χ1n) is 7.51. The summed E-state index contributed by atoms with van der Waals surface area (Å²) in [6.45, 7) is 4.13.